The Morgan fingerprint density at radius 3 is 2.47 bits per heavy atom. The first-order valence-electron chi connectivity index (χ1n) is 12.7. The molecule has 1 saturated carbocycles. The predicted molar refractivity (Wildman–Crippen MR) is 136 cm³/mol. The molecule has 2 aliphatic rings. The molecule has 1 amide bonds. The van der Waals surface area contributed by atoms with Crippen molar-refractivity contribution in [2.24, 2.45) is 5.92 Å². The molecule has 0 radical (unpaired) electrons. The molecule has 8 nitrogen and oxygen atoms in total. The van der Waals surface area contributed by atoms with E-state index in [1.54, 1.807) is 4.90 Å². The summed E-state index contributed by atoms with van der Waals surface area (Å²) in [5.74, 6) is -0.247. The number of imidazole rings is 1. The topological polar surface area (TPSA) is 105 Å². The van der Waals surface area contributed by atoms with Gasteiger partial charge >= 0.3 is 12.1 Å². The number of hydrogen-bond donors (Lipinski definition) is 2. The van der Waals surface area contributed by atoms with E-state index in [1.165, 1.54) is 7.11 Å². The lowest BCUT2D eigenvalue weighted by molar-refractivity contribution is -0.143. The number of carboxylic acids is 1. The highest BCUT2D eigenvalue weighted by Gasteiger charge is 2.34. The molecule has 2 atom stereocenters. The molecule has 5 rings (SSSR count). The number of amides is 1. The van der Waals surface area contributed by atoms with E-state index in [0.29, 0.717) is 19.3 Å². The monoisotopic (exact) mass is 491 g/mol. The summed E-state index contributed by atoms with van der Waals surface area (Å²) in [6.07, 6.45) is 3.61. The molecule has 36 heavy (non-hydrogen) atoms. The Labute approximate surface area is 210 Å². The maximum absolute atomic E-state index is 12.6. The fraction of sp³-hybridized carbons (Fsp3) is 0.464. The summed E-state index contributed by atoms with van der Waals surface area (Å²) >= 11 is 0. The highest BCUT2D eigenvalue weighted by atomic mass is 16.5. The zero-order valence-corrected chi connectivity index (χ0v) is 20.8. The minimum Gasteiger partial charge on any atom is -0.481 e. The second-order valence-corrected chi connectivity index (χ2v) is 10.0. The number of aliphatic hydroxyl groups is 1. The molecule has 2 N–H and O–H groups in total. The van der Waals surface area contributed by atoms with Gasteiger partial charge in [0.2, 0.25) is 0 Å². The second-order valence-electron chi connectivity index (χ2n) is 10.0. The van der Waals surface area contributed by atoms with E-state index in [2.05, 4.69) is 4.57 Å². The number of carbonyl (C=O) groups is 2. The fourth-order valence-electron chi connectivity index (χ4n) is 5.92. The van der Waals surface area contributed by atoms with Gasteiger partial charge in [-0.1, -0.05) is 30.3 Å². The summed E-state index contributed by atoms with van der Waals surface area (Å²) in [6, 6.07) is 13.7. The van der Waals surface area contributed by atoms with Crippen molar-refractivity contribution >= 4 is 28.8 Å². The number of aliphatic hydroxyl groups excluding tert-OH is 1. The Kier molecular flexibility index (Phi) is 6.71. The predicted octanol–water partition coefficient (Wildman–Crippen LogP) is 5.04. The molecule has 0 saturated heterocycles. The summed E-state index contributed by atoms with van der Waals surface area (Å²) in [7, 11) is 1.40. The van der Waals surface area contributed by atoms with Gasteiger partial charge in [0.15, 0.2) is 0 Å². The number of carboxylic acid groups (broad SMARTS) is 1. The van der Waals surface area contributed by atoms with Gasteiger partial charge in [-0.25, -0.2) is 9.78 Å². The van der Waals surface area contributed by atoms with Crippen molar-refractivity contribution in [3.05, 3.63) is 59.4 Å². The highest BCUT2D eigenvalue weighted by molar-refractivity contribution is 5.95. The SMILES string of the molecule is COC(=O)N1c2ccc3c(nc(CC(O)c4ccccc4)n3C3CCC(C(=O)O)CC3)c2CCC1C. The molecular weight excluding hydrogens is 458 g/mol. The number of carbonyl (C=O) groups excluding carboxylic acids is 1. The minimum atomic E-state index is -0.727. The third-order valence-corrected chi connectivity index (χ3v) is 7.87. The molecule has 0 spiro atoms. The molecule has 1 aromatic heterocycles. The number of aromatic nitrogens is 2. The fourth-order valence-corrected chi connectivity index (χ4v) is 5.92. The standard InChI is InChI=1S/C28H33N3O5/c1-17-8-13-21-22(30(17)28(35)36-2)14-15-23-26(21)29-25(16-24(32)18-6-4-3-5-7-18)31(23)20-11-9-19(10-12-20)27(33)34/h3-7,14-15,17,19-20,24,32H,8-13,16H2,1-2H3,(H,33,34). The van der Waals surface area contributed by atoms with Crippen LogP contribution < -0.4 is 4.90 Å². The zero-order valence-electron chi connectivity index (χ0n) is 20.8. The van der Waals surface area contributed by atoms with Gasteiger partial charge in [-0.2, -0.15) is 0 Å². The van der Waals surface area contributed by atoms with Crippen molar-refractivity contribution in [2.45, 2.75) is 70.1 Å². The van der Waals surface area contributed by atoms with Gasteiger partial charge in [0.05, 0.1) is 35.9 Å². The third-order valence-electron chi connectivity index (χ3n) is 7.87. The van der Waals surface area contributed by atoms with Gasteiger partial charge in [-0.05, 0) is 63.1 Å². The number of aliphatic carboxylic acids is 1. The van der Waals surface area contributed by atoms with Gasteiger partial charge in [0.25, 0.3) is 0 Å². The maximum atomic E-state index is 12.6. The van der Waals surface area contributed by atoms with Gasteiger partial charge in [0, 0.05) is 24.1 Å². The third kappa shape index (κ3) is 4.34. The molecule has 1 aliphatic carbocycles. The normalized spacial score (nSPS) is 22.8. The molecular formula is C28H33N3O5. The lowest BCUT2D eigenvalue weighted by Gasteiger charge is -2.34. The number of hydrogen-bond acceptors (Lipinski definition) is 5. The van der Waals surface area contributed by atoms with E-state index in [1.807, 2.05) is 49.4 Å². The number of rotatable bonds is 5. The summed E-state index contributed by atoms with van der Waals surface area (Å²) in [6.45, 7) is 2.02. The van der Waals surface area contributed by atoms with Crippen LogP contribution in [0.5, 0.6) is 0 Å². The van der Waals surface area contributed by atoms with Crippen molar-refractivity contribution in [3.63, 3.8) is 0 Å². The number of fused-ring (bicyclic) bond motifs is 3. The van der Waals surface area contributed by atoms with E-state index in [0.717, 1.165) is 59.4 Å². The van der Waals surface area contributed by atoms with E-state index in [9.17, 15) is 19.8 Å². The van der Waals surface area contributed by atoms with Crippen LogP contribution in [0.1, 0.15) is 68.1 Å². The Morgan fingerprint density at radius 2 is 1.81 bits per heavy atom. The number of anilines is 1. The van der Waals surface area contributed by atoms with Gasteiger partial charge < -0.3 is 19.5 Å². The number of methoxy groups -OCH3 is 1. The molecule has 3 aromatic rings. The lowest BCUT2D eigenvalue weighted by Crippen LogP contribution is -2.42. The molecule has 8 heteroatoms. The summed E-state index contributed by atoms with van der Waals surface area (Å²) in [5, 5.41) is 20.5. The first kappa shape index (κ1) is 24.3. The maximum Gasteiger partial charge on any atom is 0.414 e. The van der Waals surface area contributed by atoms with Crippen molar-refractivity contribution in [1.82, 2.24) is 9.55 Å². The first-order valence-corrected chi connectivity index (χ1v) is 12.7. The summed E-state index contributed by atoms with van der Waals surface area (Å²) < 4.78 is 7.29. The van der Waals surface area contributed by atoms with E-state index in [4.69, 9.17) is 9.72 Å². The molecule has 1 fully saturated rings. The van der Waals surface area contributed by atoms with Crippen LogP contribution in [-0.4, -0.2) is 45.0 Å². The molecule has 1 aliphatic heterocycles. The Balaban J connectivity index is 1.59. The molecule has 2 aromatic carbocycles. The minimum absolute atomic E-state index is 0.0233. The van der Waals surface area contributed by atoms with Crippen LogP contribution in [0.2, 0.25) is 0 Å². The first-order chi connectivity index (χ1) is 17.4. The van der Waals surface area contributed by atoms with E-state index < -0.39 is 12.1 Å². The summed E-state index contributed by atoms with van der Waals surface area (Å²) in [4.78, 5) is 30.9. The zero-order chi connectivity index (χ0) is 25.4. The van der Waals surface area contributed by atoms with Crippen LogP contribution in [0.4, 0.5) is 10.5 Å². The van der Waals surface area contributed by atoms with Crippen LogP contribution in [0.15, 0.2) is 42.5 Å². The second kappa shape index (κ2) is 9.93. The molecule has 2 unspecified atom stereocenters. The average Bonchev–Trinajstić information content (AvgIpc) is 3.26. The van der Waals surface area contributed by atoms with Gasteiger partial charge in [0.1, 0.15) is 5.82 Å². The Bertz CT molecular complexity index is 1260. The van der Waals surface area contributed by atoms with Gasteiger partial charge in [-0.3, -0.25) is 9.69 Å². The van der Waals surface area contributed by atoms with Crippen molar-refractivity contribution in [1.29, 1.82) is 0 Å². The quantitative estimate of drug-likeness (QED) is 0.518. The smallest absolute Gasteiger partial charge is 0.414 e. The van der Waals surface area contributed by atoms with Crippen LogP contribution in [0.25, 0.3) is 11.0 Å². The van der Waals surface area contributed by atoms with Crippen LogP contribution >= 0.6 is 0 Å². The highest BCUT2D eigenvalue weighted by Crippen LogP contribution is 2.41. The lowest BCUT2D eigenvalue weighted by atomic mass is 9.85. The number of nitrogens with zero attached hydrogens (tertiary/aromatic N) is 3. The Hall–Kier alpha value is -3.39. The van der Waals surface area contributed by atoms with Crippen molar-refractivity contribution < 1.29 is 24.5 Å². The largest absolute Gasteiger partial charge is 0.481 e. The van der Waals surface area contributed by atoms with E-state index in [-0.39, 0.29) is 24.1 Å². The summed E-state index contributed by atoms with van der Waals surface area (Å²) in [5.41, 5.74) is 4.50. The van der Waals surface area contributed by atoms with Crippen LogP contribution in [0, 0.1) is 5.92 Å². The average molecular weight is 492 g/mol. The number of aryl methyl sites for hydroxylation is 1. The van der Waals surface area contributed by atoms with Crippen molar-refractivity contribution in [2.75, 3.05) is 12.0 Å². The molecule has 0 bridgehead atoms. The van der Waals surface area contributed by atoms with Crippen molar-refractivity contribution in [3.8, 4) is 0 Å². The van der Waals surface area contributed by atoms with E-state index >= 15 is 0 Å². The van der Waals surface area contributed by atoms with Gasteiger partial charge in [-0.15, -0.1) is 0 Å². The van der Waals surface area contributed by atoms with Crippen LogP contribution in [-0.2, 0) is 22.4 Å². The number of ether oxygens (including phenoxy) is 1. The Morgan fingerprint density at radius 1 is 1.08 bits per heavy atom. The van der Waals surface area contributed by atoms with Crippen LogP contribution in [0.3, 0.4) is 0 Å². The molecule has 190 valence electrons. The number of benzene rings is 2. The molecule has 2 heterocycles.